The van der Waals surface area contributed by atoms with Crippen LogP contribution < -0.4 is 5.73 Å². The first kappa shape index (κ1) is 7.15. The number of H-pyrrole nitrogens is 1. The monoisotopic (exact) mass is 172 g/mol. The molecular weight excluding hydrogens is 160 g/mol. The lowest BCUT2D eigenvalue weighted by Crippen LogP contribution is -2.19. The number of hydrogen-bond acceptors (Lipinski definition) is 1. The zero-order valence-corrected chi connectivity index (χ0v) is 7.38. The molecule has 1 aromatic heterocycles. The molecule has 1 aliphatic carbocycles. The van der Waals surface area contributed by atoms with E-state index in [1.807, 2.05) is 0 Å². The van der Waals surface area contributed by atoms with Crippen molar-refractivity contribution in [2.45, 2.75) is 18.9 Å². The van der Waals surface area contributed by atoms with Gasteiger partial charge in [0.25, 0.3) is 0 Å². The van der Waals surface area contributed by atoms with Gasteiger partial charge in [-0.15, -0.1) is 0 Å². The van der Waals surface area contributed by atoms with E-state index in [-0.39, 0.29) is 0 Å². The van der Waals surface area contributed by atoms with Crippen LogP contribution in [0.2, 0.25) is 0 Å². The first-order valence-electron chi connectivity index (χ1n) is 4.68. The number of fused-ring (bicyclic) bond motifs is 3. The molecule has 13 heavy (non-hydrogen) atoms. The average Bonchev–Trinajstić information content (AvgIpc) is 2.60. The fraction of sp³-hybridized carbons (Fsp3) is 0.273. The van der Waals surface area contributed by atoms with Crippen molar-refractivity contribution in [2.75, 3.05) is 0 Å². The van der Waals surface area contributed by atoms with E-state index in [9.17, 15) is 0 Å². The number of nitrogens with one attached hydrogen (secondary N) is 1. The van der Waals surface area contributed by atoms with Crippen LogP contribution in [0.4, 0.5) is 0 Å². The van der Waals surface area contributed by atoms with Gasteiger partial charge in [-0.1, -0.05) is 18.2 Å². The summed E-state index contributed by atoms with van der Waals surface area (Å²) in [6.07, 6.45) is 2.03. The summed E-state index contributed by atoms with van der Waals surface area (Å²) in [5, 5.41) is 1.35. The van der Waals surface area contributed by atoms with Crippen LogP contribution in [0, 0.1) is 0 Å². The van der Waals surface area contributed by atoms with Gasteiger partial charge in [0, 0.05) is 29.1 Å². The van der Waals surface area contributed by atoms with Gasteiger partial charge in [0.15, 0.2) is 0 Å². The van der Waals surface area contributed by atoms with E-state index in [2.05, 4.69) is 29.2 Å². The summed E-state index contributed by atoms with van der Waals surface area (Å²) in [5.74, 6) is 0. The summed E-state index contributed by atoms with van der Waals surface area (Å²) in [7, 11) is 0. The number of rotatable bonds is 0. The van der Waals surface area contributed by atoms with Gasteiger partial charge in [-0.05, 0) is 18.1 Å². The number of para-hydroxylation sites is 1. The normalized spacial score (nSPS) is 20.8. The van der Waals surface area contributed by atoms with Crippen LogP contribution >= 0.6 is 0 Å². The quantitative estimate of drug-likeness (QED) is 0.622. The van der Waals surface area contributed by atoms with E-state index in [1.54, 1.807) is 0 Å². The summed E-state index contributed by atoms with van der Waals surface area (Å²) in [6.45, 7) is 0. The van der Waals surface area contributed by atoms with Gasteiger partial charge in [-0.3, -0.25) is 0 Å². The van der Waals surface area contributed by atoms with Crippen molar-refractivity contribution in [1.82, 2.24) is 4.98 Å². The molecule has 3 N–H and O–H groups in total. The van der Waals surface area contributed by atoms with E-state index in [0.29, 0.717) is 6.04 Å². The number of aromatic amines is 1. The molecular formula is C11H12N2. The molecule has 1 aromatic carbocycles. The first-order valence-corrected chi connectivity index (χ1v) is 4.68. The number of hydrogen-bond donors (Lipinski definition) is 2. The van der Waals surface area contributed by atoms with Crippen molar-refractivity contribution in [3.63, 3.8) is 0 Å². The SMILES string of the molecule is N[C@@H]1Cc2[nH]c3ccccc3c2C1. The number of aromatic nitrogens is 1. The van der Waals surface area contributed by atoms with Crippen molar-refractivity contribution in [3.8, 4) is 0 Å². The highest BCUT2D eigenvalue weighted by Crippen LogP contribution is 2.28. The minimum atomic E-state index is 0.325. The van der Waals surface area contributed by atoms with Crippen LogP contribution in [0.25, 0.3) is 10.9 Å². The average molecular weight is 172 g/mol. The van der Waals surface area contributed by atoms with Gasteiger partial charge >= 0.3 is 0 Å². The second-order valence-electron chi connectivity index (χ2n) is 3.80. The Labute approximate surface area is 76.8 Å². The largest absolute Gasteiger partial charge is 0.358 e. The highest BCUT2D eigenvalue weighted by Gasteiger charge is 2.21. The molecule has 2 heteroatoms. The molecule has 2 nitrogen and oxygen atoms in total. The Morgan fingerprint density at radius 1 is 1.23 bits per heavy atom. The maximum atomic E-state index is 5.90. The lowest BCUT2D eigenvalue weighted by atomic mass is 10.1. The molecule has 0 saturated carbocycles. The zero-order valence-electron chi connectivity index (χ0n) is 7.38. The van der Waals surface area contributed by atoms with Crippen LogP contribution in [0.5, 0.6) is 0 Å². The Kier molecular flexibility index (Phi) is 1.30. The second kappa shape index (κ2) is 2.36. The molecule has 2 aromatic rings. The molecule has 0 amide bonds. The Balaban J connectivity index is 2.31. The molecule has 0 saturated heterocycles. The summed E-state index contributed by atoms with van der Waals surface area (Å²) in [4.78, 5) is 3.43. The number of benzene rings is 1. The molecule has 0 bridgehead atoms. The maximum Gasteiger partial charge on any atom is 0.0458 e. The van der Waals surface area contributed by atoms with Crippen LogP contribution in [-0.2, 0) is 12.8 Å². The molecule has 0 aliphatic heterocycles. The second-order valence-corrected chi connectivity index (χ2v) is 3.80. The lowest BCUT2D eigenvalue weighted by Gasteiger charge is -1.98. The molecule has 1 atom stereocenters. The summed E-state index contributed by atoms with van der Waals surface area (Å²) in [6, 6.07) is 8.77. The van der Waals surface area contributed by atoms with Gasteiger partial charge in [0.1, 0.15) is 0 Å². The van der Waals surface area contributed by atoms with Gasteiger partial charge < -0.3 is 10.7 Å². The smallest absolute Gasteiger partial charge is 0.0458 e. The summed E-state index contributed by atoms with van der Waals surface area (Å²) in [5.41, 5.74) is 9.92. The molecule has 0 fully saturated rings. The van der Waals surface area contributed by atoms with Gasteiger partial charge in [-0.2, -0.15) is 0 Å². The Morgan fingerprint density at radius 2 is 2.08 bits per heavy atom. The lowest BCUT2D eigenvalue weighted by molar-refractivity contribution is 0.716. The maximum absolute atomic E-state index is 5.90. The molecule has 1 heterocycles. The molecule has 0 unspecified atom stereocenters. The Bertz CT molecular complexity index is 456. The third kappa shape index (κ3) is 0.923. The summed E-state index contributed by atoms with van der Waals surface area (Å²) < 4.78 is 0. The Hall–Kier alpha value is -1.28. The van der Waals surface area contributed by atoms with E-state index < -0.39 is 0 Å². The van der Waals surface area contributed by atoms with Crippen molar-refractivity contribution in [1.29, 1.82) is 0 Å². The topological polar surface area (TPSA) is 41.8 Å². The van der Waals surface area contributed by atoms with Crippen LogP contribution in [0.3, 0.4) is 0 Å². The van der Waals surface area contributed by atoms with Crippen LogP contribution in [-0.4, -0.2) is 11.0 Å². The van der Waals surface area contributed by atoms with Crippen molar-refractivity contribution >= 4 is 10.9 Å². The third-order valence-corrected chi connectivity index (χ3v) is 2.83. The van der Waals surface area contributed by atoms with Gasteiger partial charge in [0.2, 0.25) is 0 Å². The molecule has 1 aliphatic rings. The highest BCUT2D eigenvalue weighted by molar-refractivity contribution is 5.85. The minimum absolute atomic E-state index is 0.325. The van der Waals surface area contributed by atoms with Crippen molar-refractivity contribution in [2.24, 2.45) is 5.73 Å². The molecule has 0 spiro atoms. The van der Waals surface area contributed by atoms with Gasteiger partial charge in [0.05, 0.1) is 0 Å². The predicted molar refractivity (Wildman–Crippen MR) is 53.7 cm³/mol. The zero-order chi connectivity index (χ0) is 8.84. The van der Waals surface area contributed by atoms with Crippen LogP contribution in [0.15, 0.2) is 24.3 Å². The first-order chi connectivity index (χ1) is 6.34. The highest BCUT2D eigenvalue weighted by atomic mass is 14.8. The molecule has 66 valence electrons. The van der Waals surface area contributed by atoms with Crippen molar-refractivity contribution < 1.29 is 0 Å². The standard InChI is InChI=1S/C11H12N2/c12-7-5-9-8-3-1-2-4-10(8)13-11(9)6-7/h1-4,7,13H,5-6,12H2/t7-/m0/s1. The molecule has 0 radical (unpaired) electrons. The van der Waals surface area contributed by atoms with E-state index in [4.69, 9.17) is 5.73 Å². The van der Waals surface area contributed by atoms with E-state index in [0.717, 1.165) is 12.8 Å². The number of nitrogens with two attached hydrogens (primary N) is 1. The van der Waals surface area contributed by atoms with E-state index >= 15 is 0 Å². The van der Waals surface area contributed by atoms with Crippen molar-refractivity contribution in [3.05, 3.63) is 35.5 Å². The van der Waals surface area contributed by atoms with Gasteiger partial charge in [-0.25, -0.2) is 0 Å². The Morgan fingerprint density at radius 3 is 3.00 bits per heavy atom. The third-order valence-electron chi connectivity index (χ3n) is 2.83. The van der Waals surface area contributed by atoms with E-state index in [1.165, 1.54) is 22.2 Å². The minimum Gasteiger partial charge on any atom is -0.358 e. The molecule has 3 rings (SSSR count). The van der Waals surface area contributed by atoms with Crippen LogP contribution in [0.1, 0.15) is 11.3 Å². The fourth-order valence-corrected chi connectivity index (χ4v) is 2.26. The summed E-state index contributed by atoms with van der Waals surface area (Å²) >= 11 is 0. The predicted octanol–water partition coefficient (Wildman–Crippen LogP) is 1.59. The fourth-order valence-electron chi connectivity index (χ4n) is 2.26.